The predicted octanol–water partition coefficient (Wildman–Crippen LogP) is 2.09. The van der Waals surface area contributed by atoms with Crippen molar-refractivity contribution in [3.63, 3.8) is 0 Å². The van der Waals surface area contributed by atoms with Crippen LogP contribution in [-0.2, 0) is 11.3 Å². The molecule has 0 radical (unpaired) electrons. The maximum atomic E-state index is 11.6. The van der Waals surface area contributed by atoms with Gasteiger partial charge in [-0.2, -0.15) is 0 Å². The summed E-state index contributed by atoms with van der Waals surface area (Å²) in [5.74, 6) is 1.74. The van der Waals surface area contributed by atoms with E-state index in [1.807, 2.05) is 24.3 Å². The third-order valence-corrected chi connectivity index (χ3v) is 3.30. The van der Waals surface area contributed by atoms with Gasteiger partial charge in [0.2, 0.25) is 5.91 Å². The summed E-state index contributed by atoms with van der Waals surface area (Å²) >= 11 is 0. The molecule has 0 unspecified atom stereocenters. The Balaban J connectivity index is 1.63. The van der Waals surface area contributed by atoms with Gasteiger partial charge in [-0.25, -0.2) is 0 Å². The molecule has 2 rings (SSSR count). The summed E-state index contributed by atoms with van der Waals surface area (Å²) in [6.45, 7) is 4.77. The van der Waals surface area contributed by atoms with Crippen molar-refractivity contribution in [1.29, 1.82) is 0 Å². The minimum Gasteiger partial charge on any atom is -0.494 e. The van der Waals surface area contributed by atoms with Crippen molar-refractivity contribution in [2.24, 2.45) is 5.92 Å². The van der Waals surface area contributed by atoms with Crippen molar-refractivity contribution in [3.8, 4) is 5.75 Å². The van der Waals surface area contributed by atoms with E-state index in [1.54, 1.807) is 0 Å². The second-order valence-corrected chi connectivity index (χ2v) is 5.34. The Bertz CT molecular complexity index is 413. The van der Waals surface area contributed by atoms with Crippen molar-refractivity contribution in [3.05, 3.63) is 29.8 Å². The molecule has 0 aliphatic heterocycles. The number of carbonyl (C=O) groups is 1. The zero-order chi connectivity index (χ0) is 14.2. The molecule has 0 saturated heterocycles. The predicted molar refractivity (Wildman–Crippen MR) is 79.7 cm³/mol. The Labute approximate surface area is 120 Å². The molecular weight excluding hydrogens is 252 g/mol. The summed E-state index contributed by atoms with van der Waals surface area (Å²) in [5.41, 5.74) is 1.09. The highest BCUT2D eigenvalue weighted by molar-refractivity contribution is 5.77. The lowest BCUT2D eigenvalue weighted by atomic mass is 10.2. The van der Waals surface area contributed by atoms with Gasteiger partial charge in [0.1, 0.15) is 5.75 Å². The summed E-state index contributed by atoms with van der Waals surface area (Å²) < 4.78 is 5.52. The van der Waals surface area contributed by atoms with E-state index in [0.717, 1.165) is 36.8 Å². The van der Waals surface area contributed by atoms with Crippen LogP contribution in [0.4, 0.5) is 0 Å². The Morgan fingerprint density at radius 3 is 2.70 bits per heavy atom. The number of carbonyl (C=O) groups excluding carboxylic acids is 1. The van der Waals surface area contributed by atoms with Crippen LogP contribution in [0.15, 0.2) is 24.3 Å². The van der Waals surface area contributed by atoms with E-state index < -0.39 is 0 Å². The first-order valence-corrected chi connectivity index (χ1v) is 7.47. The molecule has 2 N–H and O–H groups in total. The van der Waals surface area contributed by atoms with Gasteiger partial charge < -0.3 is 15.4 Å². The number of ether oxygens (including phenoxy) is 1. The van der Waals surface area contributed by atoms with Crippen LogP contribution in [0.5, 0.6) is 5.75 Å². The molecular formula is C16H24N2O2. The minimum absolute atomic E-state index is 0.0527. The average molecular weight is 276 g/mol. The lowest BCUT2D eigenvalue weighted by Gasteiger charge is -2.08. The largest absolute Gasteiger partial charge is 0.494 e. The van der Waals surface area contributed by atoms with E-state index in [2.05, 4.69) is 17.6 Å². The van der Waals surface area contributed by atoms with Crippen molar-refractivity contribution in [1.82, 2.24) is 10.6 Å². The van der Waals surface area contributed by atoms with Crippen LogP contribution < -0.4 is 15.4 Å². The third-order valence-electron chi connectivity index (χ3n) is 3.30. The molecule has 110 valence electrons. The number of benzene rings is 1. The fourth-order valence-electron chi connectivity index (χ4n) is 1.90. The molecule has 4 heteroatoms. The smallest absolute Gasteiger partial charge is 0.234 e. The van der Waals surface area contributed by atoms with Crippen molar-refractivity contribution < 1.29 is 9.53 Å². The third kappa shape index (κ3) is 5.61. The SMILES string of the molecule is CCCOc1ccc(CNC(=O)CNCC2CC2)cc1. The second kappa shape index (κ2) is 7.90. The lowest BCUT2D eigenvalue weighted by Crippen LogP contribution is -2.34. The van der Waals surface area contributed by atoms with Gasteiger partial charge in [0, 0.05) is 6.54 Å². The Morgan fingerprint density at radius 1 is 1.30 bits per heavy atom. The van der Waals surface area contributed by atoms with E-state index in [9.17, 15) is 4.79 Å². The number of rotatable bonds is 9. The quantitative estimate of drug-likeness (QED) is 0.726. The zero-order valence-electron chi connectivity index (χ0n) is 12.2. The highest BCUT2D eigenvalue weighted by Crippen LogP contribution is 2.27. The molecule has 0 spiro atoms. The van der Waals surface area contributed by atoms with E-state index in [4.69, 9.17) is 4.74 Å². The number of amides is 1. The molecule has 4 nitrogen and oxygen atoms in total. The van der Waals surface area contributed by atoms with Crippen LogP contribution in [0.25, 0.3) is 0 Å². The molecule has 1 saturated carbocycles. The van der Waals surface area contributed by atoms with E-state index >= 15 is 0 Å². The Morgan fingerprint density at radius 2 is 2.05 bits per heavy atom. The Kier molecular flexibility index (Phi) is 5.87. The summed E-state index contributed by atoms with van der Waals surface area (Å²) in [6.07, 6.45) is 3.62. The molecule has 1 aliphatic rings. The van der Waals surface area contributed by atoms with Crippen molar-refractivity contribution in [2.75, 3.05) is 19.7 Å². The molecule has 1 aromatic rings. The maximum Gasteiger partial charge on any atom is 0.234 e. The van der Waals surface area contributed by atoms with Crippen LogP contribution in [0.2, 0.25) is 0 Å². The first-order chi connectivity index (χ1) is 9.78. The molecule has 0 bridgehead atoms. The zero-order valence-corrected chi connectivity index (χ0v) is 12.2. The average Bonchev–Trinajstić information content (AvgIpc) is 3.28. The molecule has 1 aliphatic carbocycles. The summed E-state index contributed by atoms with van der Waals surface area (Å²) in [5, 5.41) is 6.10. The molecule has 1 fully saturated rings. The van der Waals surface area contributed by atoms with Crippen LogP contribution in [0.3, 0.4) is 0 Å². The van der Waals surface area contributed by atoms with E-state index in [-0.39, 0.29) is 5.91 Å². The van der Waals surface area contributed by atoms with Gasteiger partial charge >= 0.3 is 0 Å². The van der Waals surface area contributed by atoms with Crippen LogP contribution in [0.1, 0.15) is 31.7 Å². The highest BCUT2D eigenvalue weighted by Gasteiger charge is 2.20. The van der Waals surface area contributed by atoms with Crippen molar-refractivity contribution in [2.45, 2.75) is 32.7 Å². The number of hydrogen-bond donors (Lipinski definition) is 2. The standard InChI is InChI=1S/C16H24N2O2/c1-2-9-20-15-7-5-14(6-8-15)11-18-16(19)12-17-10-13-3-4-13/h5-8,13,17H,2-4,9-12H2,1H3,(H,18,19). The first-order valence-electron chi connectivity index (χ1n) is 7.47. The second-order valence-electron chi connectivity index (χ2n) is 5.34. The molecule has 1 amide bonds. The van der Waals surface area contributed by atoms with Crippen LogP contribution in [0, 0.1) is 5.92 Å². The maximum absolute atomic E-state index is 11.6. The monoisotopic (exact) mass is 276 g/mol. The van der Waals surface area contributed by atoms with Gasteiger partial charge in [0.05, 0.1) is 13.2 Å². The van der Waals surface area contributed by atoms with Gasteiger partial charge in [-0.05, 0) is 49.4 Å². The van der Waals surface area contributed by atoms with Gasteiger partial charge in [-0.1, -0.05) is 19.1 Å². The highest BCUT2D eigenvalue weighted by atomic mass is 16.5. The van der Waals surface area contributed by atoms with Gasteiger partial charge in [0.25, 0.3) is 0 Å². The molecule has 0 heterocycles. The summed E-state index contributed by atoms with van der Waals surface area (Å²) in [7, 11) is 0. The summed E-state index contributed by atoms with van der Waals surface area (Å²) in [4.78, 5) is 11.6. The lowest BCUT2D eigenvalue weighted by molar-refractivity contribution is -0.120. The minimum atomic E-state index is 0.0527. The van der Waals surface area contributed by atoms with E-state index in [0.29, 0.717) is 13.1 Å². The van der Waals surface area contributed by atoms with Crippen LogP contribution in [-0.4, -0.2) is 25.6 Å². The van der Waals surface area contributed by atoms with Gasteiger partial charge in [0.15, 0.2) is 0 Å². The normalized spacial score (nSPS) is 14.1. The van der Waals surface area contributed by atoms with Crippen molar-refractivity contribution >= 4 is 5.91 Å². The fraction of sp³-hybridized carbons (Fsp3) is 0.562. The fourth-order valence-corrected chi connectivity index (χ4v) is 1.90. The van der Waals surface area contributed by atoms with Gasteiger partial charge in [-0.3, -0.25) is 4.79 Å². The van der Waals surface area contributed by atoms with E-state index in [1.165, 1.54) is 12.8 Å². The Hall–Kier alpha value is -1.55. The summed E-state index contributed by atoms with van der Waals surface area (Å²) in [6, 6.07) is 7.87. The molecule has 1 aromatic carbocycles. The molecule has 0 atom stereocenters. The molecule has 0 aromatic heterocycles. The van der Waals surface area contributed by atoms with Crippen LogP contribution >= 0.6 is 0 Å². The number of hydrogen-bond acceptors (Lipinski definition) is 3. The number of nitrogens with one attached hydrogen (secondary N) is 2. The van der Waals surface area contributed by atoms with Gasteiger partial charge in [-0.15, -0.1) is 0 Å². The first kappa shape index (κ1) is 14.9. The molecule has 20 heavy (non-hydrogen) atoms. The topological polar surface area (TPSA) is 50.4 Å².